The second-order valence-electron chi connectivity index (χ2n) is 6.65. The van der Waals surface area contributed by atoms with Gasteiger partial charge in [0.2, 0.25) is 0 Å². The SMILES string of the molecule is CCCC1CCC(CN)(C(C)(O)c2ccc(F)cn2)CC1. The van der Waals surface area contributed by atoms with Gasteiger partial charge in [0.1, 0.15) is 11.4 Å². The minimum atomic E-state index is -1.12. The molecule has 4 heteroatoms. The zero-order valence-corrected chi connectivity index (χ0v) is 13.1. The van der Waals surface area contributed by atoms with Crippen molar-refractivity contribution in [1.82, 2.24) is 4.98 Å². The quantitative estimate of drug-likeness (QED) is 0.875. The summed E-state index contributed by atoms with van der Waals surface area (Å²) in [5.41, 5.74) is 5.09. The van der Waals surface area contributed by atoms with Gasteiger partial charge in [-0.2, -0.15) is 0 Å². The lowest BCUT2D eigenvalue weighted by Crippen LogP contribution is -2.51. The molecule has 1 aromatic rings. The van der Waals surface area contributed by atoms with Crippen LogP contribution in [0.1, 0.15) is 58.1 Å². The maximum absolute atomic E-state index is 13.1. The van der Waals surface area contributed by atoms with Crippen LogP contribution in [0, 0.1) is 17.2 Å². The topological polar surface area (TPSA) is 59.1 Å². The van der Waals surface area contributed by atoms with Gasteiger partial charge >= 0.3 is 0 Å². The smallest absolute Gasteiger partial charge is 0.141 e. The van der Waals surface area contributed by atoms with E-state index in [1.54, 1.807) is 13.0 Å². The van der Waals surface area contributed by atoms with Crippen molar-refractivity contribution in [2.24, 2.45) is 17.1 Å². The van der Waals surface area contributed by atoms with Crippen molar-refractivity contribution in [3.63, 3.8) is 0 Å². The first kappa shape index (κ1) is 16.4. The Morgan fingerprint density at radius 2 is 2.10 bits per heavy atom. The molecule has 0 spiro atoms. The summed E-state index contributed by atoms with van der Waals surface area (Å²) < 4.78 is 13.1. The van der Waals surface area contributed by atoms with Crippen molar-refractivity contribution in [2.75, 3.05) is 6.54 Å². The van der Waals surface area contributed by atoms with Gasteiger partial charge in [0.15, 0.2) is 0 Å². The highest BCUT2D eigenvalue weighted by Gasteiger charge is 2.49. The van der Waals surface area contributed by atoms with E-state index < -0.39 is 5.60 Å². The van der Waals surface area contributed by atoms with Crippen LogP contribution >= 0.6 is 0 Å². The third kappa shape index (κ3) is 3.11. The summed E-state index contributed by atoms with van der Waals surface area (Å²) in [4.78, 5) is 4.09. The standard InChI is InChI=1S/C17H27FN2O/c1-3-4-13-7-9-17(12-19,10-8-13)16(2,21)15-6-5-14(18)11-20-15/h5-6,11,13,21H,3-4,7-10,12,19H2,1-2H3. The molecule has 1 aliphatic rings. The Bertz CT molecular complexity index is 450. The molecule has 0 radical (unpaired) electrons. The number of aromatic nitrogens is 1. The van der Waals surface area contributed by atoms with Gasteiger partial charge in [0, 0.05) is 12.0 Å². The molecule has 0 amide bonds. The Balaban J connectivity index is 2.21. The van der Waals surface area contributed by atoms with Crippen LogP contribution in [0.15, 0.2) is 18.3 Å². The van der Waals surface area contributed by atoms with E-state index in [0.717, 1.165) is 37.8 Å². The molecule has 1 aromatic heterocycles. The summed E-state index contributed by atoms with van der Waals surface area (Å²) in [6.45, 7) is 4.42. The molecule has 1 fully saturated rings. The molecule has 1 aliphatic carbocycles. The van der Waals surface area contributed by atoms with Crippen LogP contribution in [0.4, 0.5) is 4.39 Å². The fraction of sp³-hybridized carbons (Fsp3) is 0.706. The average molecular weight is 294 g/mol. The zero-order valence-electron chi connectivity index (χ0n) is 13.1. The number of halogens is 1. The Hall–Kier alpha value is -1.00. The molecule has 1 unspecified atom stereocenters. The third-order valence-electron chi connectivity index (χ3n) is 5.41. The van der Waals surface area contributed by atoms with E-state index in [0.29, 0.717) is 12.2 Å². The predicted octanol–water partition coefficient (Wildman–Crippen LogP) is 3.36. The minimum Gasteiger partial charge on any atom is -0.383 e. The molecule has 3 N–H and O–H groups in total. The summed E-state index contributed by atoms with van der Waals surface area (Å²) in [6, 6.07) is 2.93. The van der Waals surface area contributed by atoms with E-state index in [1.807, 2.05) is 0 Å². The van der Waals surface area contributed by atoms with E-state index in [-0.39, 0.29) is 11.2 Å². The molecule has 1 saturated carbocycles. The van der Waals surface area contributed by atoms with Crippen LogP contribution in [0.5, 0.6) is 0 Å². The molecular formula is C17H27FN2O. The number of hydrogen-bond donors (Lipinski definition) is 2. The number of rotatable bonds is 5. The second-order valence-corrected chi connectivity index (χ2v) is 6.65. The summed E-state index contributed by atoms with van der Waals surface area (Å²) >= 11 is 0. The molecule has 1 atom stereocenters. The van der Waals surface area contributed by atoms with E-state index >= 15 is 0 Å². The lowest BCUT2D eigenvalue weighted by Gasteiger charge is -2.48. The molecule has 0 saturated heterocycles. The van der Waals surface area contributed by atoms with E-state index in [9.17, 15) is 9.50 Å². The number of nitrogens with zero attached hydrogens (tertiary/aromatic N) is 1. The molecule has 1 heterocycles. The van der Waals surface area contributed by atoms with Crippen molar-refractivity contribution < 1.29 is 9.50 Å². The predicted molar refractivity (Wildman–Crippen MR) is 82.1 cm³/mol. The van der Waals surface area contributed by atoms with Crippen LogP contribution in [-0.2, 0) is 5.60 Å². The lowest BCUT2D eigenvalue weighted by molar-refractivity contribution is -0.101. The Morgan fingerprint density at radius 1 is 1.43 bits per heavy atom. The van der Waals surface area contributed by atoms with Gasteiger partial charge in [-0.1, -0.05) is 19.8 Å². The zero-order chi connectivity index (χ0) is 15.5. The minimum absolute atomic E-state index is 0.359. The summed E-state index contributed by atoms with van der Waals surface area (Å²) in [6.07, 6.45) is 7.62. The van der Waals surface area contributed by atoms with Gasteiger partial charge in [-0.25, -0.2) is 4.39 Å². The first-order valence-electron chi connectivity index (χ1n) is 7.99. The average Bonchev–Trinajstić information content (AvgIpc) is 2.49. The van der Waals surface area contributed by atoms with Crippen molar-refractivity contribution in [3.05, 3.63) is 29.8 Å². The Kier molecular flexibility index (Phi) is 4.99. The van der Waals surface area contributed by atoms with Crippen molar-refractivity contribution in [2.45, 2.75) is 58.0 Å². The van der Waals surface area contributed by atoms with Gasteiger partial charge in [-0.05, 0) is 50.7 Å². The maximum Gasteiger partial charge on any atom is 0.141 e. The number of aliphatic hydroxyl groups is 1. The fourth-order valence-corrected chi connectivity index (χ4v) is 3.75. The van der Waals surface area contributed by atoms with Crippen LogP contribution in [0.2, 0.25) is 0 Å². The van der Waals surface area contributed by atoms with Crippen LogP contribution in [0.25, 0.3) is 0 Å². The Morgan fingerprint density at radius 3 is 2.57 bits per heavy atom. The van der Waals surface area contributed by atoms with Crippen molar-refractivity contribution >= 4 is 0 Å². The molecule has 0 aliphatic heterocycles. The van der Waals surface area contributed by atoms with Crippen LogP contribution in [0.3, 0.4) is 0 Å². The van der Waals surface area contributed by atoms with Gasteiger partial charge in [-0.15, -0.1) is 0 Å². The number of nitrogens with two attached hydrogens (primary N) is 1. The number of hydrogen-bond acceptors (Lipinski definition) is 3. The monoisotopic (exact) mass is 294 g/mol. The van der Waals surface area contributed by atoms with E-state index in [2.05, 4.69) is 11.9 Å². The largest absolute Gasteiger partial charge is 0.383 e. The van der Waals surface area contributed by atoms with E-state index in [1.165, 1.54) is 18.9 Å². The first-order valence-corrected chi connectivity index (χ1v) is 7.99. The highest BCUT2D eigenvalue weighted by molar-refractivity contribution is 5.18. The van der Waals surface area contributed by atoms with Crippen LogP contribution in [-0.4, -0.2) is 16.6 Å². The summed E-state index contributed by atoms with van der Waals surface area (Å²) in [7, 11) is 0. The molecule has 3 nitrogen and oxygen atoms in total. The molecule has 118 valence electrons. The third-order valence-corrected chi connectivity index (χ3v) is 5.41. The van der Waals surface area contributed by atoms with Crippen molar-refractivity contribution in [3.8, 4) is 0 Å². The molecule has 21 heavy (non-hydrogen) atoms. The summed E-state index contributed by atoms with van der Waals surface area (Å²) in [5.74, 6) is 0.356. The van der Waals surface area contributed by atoms with Crippen LogP contribution < -0.4 is 5.73 Å². The van der Waals surface area contributed by atoms with Gasteiger partial charge in [0.05, 0.1) is 11.9 Å². The highest BCUT2D eigenvalue weighted by atomic mass is 19.1. The fourth-order valence-electron chi connectivity index (χ4n) is 3.75. The maximum atomic E-state index is 13.1. The second kappa shape index (κ2) is 6.41. The van der Waals surface area contributed by atoms with Crippen molar-refractivity contribution in [1.29, 1.82) is 0 Å². The first-order chi connectivity index (χ1) is 9.95. The van der Waals surface area contributed by atoms with Gasteiger partial charge in [0.25, 0.3) is 0 Å². The molecule has 0 aromatic carbocycles. The summed E-state index contributed by atoms with van der Waals surface area (Å²) in [5, 5.41) is 11.1. The highest BCUT2D eigenvalue weighted by Crippen LogP contribution is 2.50. The molecule has 0 bridgehead atoms. The normalized spacial score (nSPS) is 29.1. The van der Waals surface area contributed by atoms with Gasteiger partial charge in [-0.3, -0.25) is 4.98 Å². The molecular weight excluding hydrogens is 267 g/mol. The lowest BCUT2D eigenvalue weighted by atomic mass is 9.60. The van der Waals surface area contributed by atoms with Gasteiger partial charge < -0.3 is 10.8 Å². The Labute approximate surface area is 126 Å². The van der Waals surface area contributed by atoms with E-state index in [4.69, 9.17) is 5.73 Å². The molecule has 2 rings (SSSR count). The number of pyridine rings is 1.